The first kappa shape index (κ1) is 26.1. The summed E-state index contributed by atoms with van der Waals surface area (Å²) in [6.45, 7) is 1.12. The summed E-state index contributed by atoms with van der Waals surface area (Å²) in [4.78, 5) is 12.0. The lowest BCUT2D eigenvalue weighted by Gasteiger charge is -2.28. The molecule has 2 heterocycles. The van der Waals surface area contributed by atoms with Crippen LogP contribution in [0.25, 0.3) is 10.1 Å². The normalized spacial score (nSPS) is 17.8. The number of hydrogen-bond acceptors (Lipinski definition) is 6. The minimum Gasteiger partial charge on any atom is -0.378 e. The van der Waals surface area contributed by atoms with Crippen molar-refractivity contribution in [3.05, 3.63) is 52.9 Å². The van der Waals surface area contributed by atoms with Gasteiger partial charge in [0, 0.05) is 30.2 Å². The fourth-order valence-corrected chi connectivity index (χ4v) is 5.86. The van der Waals surface area contributed by atoms with E-state index in [-0.39, 0.29) is 35.7 Å². The van der Waals surface area contributed by atoms with Gasteiger partial charge in [-0.3, -0.25) is 4.79 Å². The van der Waals surface area contributed by atoms with E-state index in [9.17, 15) is 22.4 Å². The minimum absolute atomic E-state index is 0.0516. The zero-order chi connectivity index (χ0) is 25.7. The van der Waals surface area contributed by atoms with Gasteiger partial charge in [-0.1, -0.05) is 24.0 Å². The number of carbonyl (C=O) groups is 1. The fraction of sp³-hybridized carbons (Fsp3) is 0.320. The number of halogens is 4. The Kier molecular flexibility index (Phi) is 8.28. The molecule has 0 radical (unpaired) electrons. The van der Waals surface area contributed by atoms with Gasteiger partial charge in [-0.05, 0) is 55.1 Å². The van der Waals surface area contributed by atoms with Crippen LogP contribution in [0.2, 0.25) is 0 Å². The molecule has 36 heavy (non-hydrogen) atoms. The maximum atomic E-state index is 14.3. The highest BCUT2D eigenvalue weighted by Gasteiger charge is 2.33. The van der Waals surface area contributed by atoms with E-state index in [0.29, 0.717) is 39.2 Å². The van der Waals surface area contributed by atoms with E-state index < -0.39 is 17.7 Å². The van der Waals surface area contributed by atoms with Gasteiger partial charge in [-0.25, -0.2) is 4.39 Å². The van der Waals surface area contributed by atoms with Crippen molar-refractivity contribution in [2.75, 3.05) is 37.3 Å². The second-order valence-electron chi connectivity index (χ2n) is 8.06. The maximum Gasteiger partial charge on any atom is 0.446 e. The molecule has 0 spiro atoms. The molecule has 1 aliphatic rings. The quantitative estimate of drug-likeness (QED) is 0.192. The Balaban J connectivity index is 1.56. The molecule has 0 saturated carbocycles. The van der Waals surface area contributed by atoms with E-state index in [1.54, 1.807) is 49.5 Å². The highest BCUT2D eigenvalue weighted by atomic mass is 32.2. The van der Waals surface area contributed by atoms with E-state index in [4.69, 9.17) is 0 Å². The monoisotopic (exact) mass is 536 g/mol. The molecule has 2 atom stereocenters. The lowest BCUT2D eigenvalue weighted by Crippen LogP contribution is -2.45. The van der Waals surface area contributed by atoms with E-state index in [1.165, 1.54) is 11.3 Å². The van der Waals surface area contributed by atoms with Crippen molar-refractivity contribution >= 4 is 50.5 Å². The van der Waals surface area contributed by atoms with Crippen molar-refractivity contribution in [2.24, 2.45) is 0 Å². The predicted molar refractivity (Wildman–Crippen MR) is 139 cm³/mol. The molecule has 0 unspecified atom stereocenters. The second kappa shape index (κ2) is 11.4. The van der Waals surface area contributed by atoms with Gasteiger partial charge in [0.1, 0.15) is 6.17 Å². The van der Waals surface area contributed by atoms with Crippen LogP contribution in [0.5, 0.6) is 0 Å². The molecule has 1 aromatic heterocycles. The van der Waals surface area contributed by atoms with Crippen LogP contribution in [0.3, 0.4) is 0 Å². The number of anilines is 2. The summed E-state index contributed by atoms with van der Waals surface area (Å²) >= 11 is 0.985. The van der Waals surface area contributed by atoms with Gasteiger partial charge in [0.15, 0.2) is 0 Å². The molecule has 0 bridgehead atoms. The van der Waals surface area contributed by atoms with Crippen LogP contribution >= 0.6 is 23.1 Å². The van der Waals surface area contributed by atoms with Gasteiger partial charge in [0.2, 0.25) is 0 Å². The maximum absolute atomic E-state index is 14.3. The highest BCUT2D eigenvalue weighted by Crippen LogP contribution is 2.47. The Bertz CT molecular complexity index is 1280. The SMILES string of the molecule is CNC(=O)c1ccc(NCC#Cc2sc3c(N[C@@H]4CCNC[C@@H]4F)cccc3c2SC(F)(F)F)cc1. The van der Waals surface area contributed by atoms with Gasteiger partial charge in [-0.15, -0.1) is 11.3 Å². The first-order valence-electron chi connectivity index (χ1n) is 11.2. The van der Waals surface area contributed by atoms with Crippen LogP contribution in [0.1, 0.15) is 21.7 Å². The number of piperidine rings is 1. The number of thioether (sulfide) groups is 1. The lowest BCUT2D eigenvalue weighted by molar-refractivity contribution is -0.0327. The van der Waals surface area contributed by atoms with E-state index >= 15 is 0 Å². The summed E-state index contributed by atoms with van der Waals surface area (Å²) in [5.74, 6) is 5.58. The third kappa shape index (κ3) is 6.43. The first-order valence-corrected chi connectivity index (χ1v) is 12.9. The van der Waals surface area contributed by atoms with Crippen molar-refractivity contribution < 1.29 is 22.4 Å². The van der Waals surface area contributed by atoms with E-state index in [1.807, 2.05) is 0 Å². The number of benzene rings is 2. The minimum atomic E-state index is -4.47. The Labute approximate surface area is 214 Å². The summed E-state index contributed by atoms with van der Waals surface area (Å²) in [6, 6.07) is 11.4. The van der Waals surface area contributed by atoms with Gasteiger partial charge < -0.3 is 21.3 Å². The lowest BCUT2D eigenvalue weighted by atomic mass is 10.0. The molecule has 1 saturated heterocycles. The van der Waals surface area contributed by atoms with Crippen LogP contribution in [-0.2, 0) is 0 Å². The zero-order valence-corrected chi connectivity index (χ0v) is 20.9. The summed E-state index contributed by atoms with van der Waals surface area (Å²) < 4.78 is 55.1. The molecule has 2 aromatic carbocycles. The van der Waals surface area contributed by atoms with Crippen molar-refractivity contribution in [3.8, 4) is 11.8 Å². The molecular formula is C25H24F4N4OS2. The number of amides is 1. The highest BCUT2D eigenvalue weighted by molar-refractivity contribution is 8.00. The summed E-state index contributed by atoms with van der Waals surface area (Å²) in [7, 11) is 1.55. The van der Waals surface area contributed by atoms with Gasteiger partial charge in [-0.2, -0.15) is 13.2 Å². The Morgan fingerprint density at radius 1 is 1.22 bits per heavy atom. The number of nitrogens with one attached hydrogen (secondary N) is 4. The molecule has 1 aliphatic heterocycles. The Hall–Kier alpha value is -2.94. The smallest absolute Gasteiger partial charge is 0.378 e. The predicted octanol–water partition coefficient (Wildman–Crippen LogP) is 5.45. The summed E-state index contributed by atoms with van der Waals surface area (Å²) in [6.07, 6.45) is -0.510. The molecule has 1 amide bonds. The largest absolute Gasteiger partial charge is 0.446 e. The van der Waals surface area contributed by atoms with Gasteiger partial charge >= 0.3 is 5.51 Å². The van der Waals surface area contributed by atoms with Gasteiger partial charge in [0.25, 0.3) is 5.91 Å². The van der Waals surface area contributed by atoms with Crippen LogP contribution in [-0.4, -0.2) is 50.3 Å². The van der Waals surface area contributed by atoms with Gasteiger partial charge in [0.05, 0.1) is 32.7 Å². The number of rotatable bonds is 6. The zero-order valence-electron chi connectivity index (χ0n) is 19.3. The van der Waals surface area contributed by atoms with E-state index in [2.05, 4.69) is 33.1 Å². The van der Waals surface area contributed by atoms with Crippen LogP contribution < -0.4 is 21.3 Å². The standard InChI is InChI=1S/C25H24F4N4OS2/c1-30-24(34)15-7-9-16(10-8-15)32-12-3-6-21-23(36-25(27,28)29)17-4-2-5-20(22(17)35-21)33-19-11-13-31-14-18(19)26/h2,4-5,7-10,18-19,31-33H,11-14H2,1H3,(H,30,34)/t18-,19+/m0/s1. The van der Waals surface area contributed by atoms with Crippen molar-refractivity contribution in [1.82, 2.24) is 10.6 Å². The third-order valence-corrected chi connectivity index (χ3v) is 7.74. The molecule has 4 rings (SSSR count). The van der Waals surface area contributed by atoms with Crippen molar-refractivity contribution in [2.45, 2.75) is 29.0 Å². The molecule has 0 aliphatic carbocycles. The van der Waals surface area contributed by atoms with E-state index in [0.717, 1.165) is 5.69 Å². The molecule has 1 fully saturated rings. The van der Waals surface area contributed by atoms with Crippen LogP contribution in [0, 0.1) is 11.8 Å². The van der Waals surface area contributed by atoms with Crippen molar-refractivity contribution in [1.29, 1.82) is 0 Å². The molecule has 5 nitrogen and oxygen atoms in total. The number of thiophene rings is 1. The molecule has 11 heteroatoms. The molecular weight excluding hydrogens is 512 g/mol. The van der Waals surface area contributed by atoms with Crippen LogP contribution in [0.15, 0.2) is 47.4 Å². The fourth-order valence-electron chi connectivity index (χ4n) is 3.85. The Morgan fingerprint density at radius 2 is 2.00 bits per heavy atom. The molecule has 3 aromatic rings. The molecule has 190 valence electrons. The molecule has 4 N–H and O–H groups in total. The number of carbonyl (C=O) groups excluding carboxylic acids is 1. The second-order valence-corrected chi connectivity index (χ2v) is 10.2. The first-order chi connectivity index (χ1) is 17.2. The average Bonchev–Trinajstić information content (AvgIpc) is 3.20. The summed E-state index contributed by atoms with van der Waals surface area (Å²) in [5, 5.41) is 12.3. The van der Waals surface area contributed by atoms with Crippen molar-refractivity contribution in [3.63, 3.8) is 0 Å². The number of hydrogen-bond donors (Lipinski definition) is 4. The Morgan fingerprint density at radius 3 is 2.69 bits per heavy atom. The van der Waals surface area contributed by atoms with Crippen LogP contribution in [0.4, 0.5) is 28.9 Å². The topological polar surface area (TPSA) is 65.2 Å². The summed E-state index contributed by atoms with van der Waals surface area (Å²) in [5.41, 5.74) is -2.62. The number of alkyl halides is 4. The third-order valence-electron chi connectivity index (χ3n) is 5.59. The average molecular weight is 537 g/mol. The number of fused-ring (bicyclic) bond motifs is 1.